The number of nitrogens with zero attached hydrogens (tertiary/aromatic N) is 3. The third kappa shape index (κ3) is 3.20. The van der Waals surface area contributed by atoms with Crippen molar-refractivity contribution in [2.75, 3.05) is 25.1 Å². The van der Waals surface area contributed by atoms with E-state index < -0.39 is 0 Å². The van der Waals surface area contributed by atoms with Gasteiger partial charge in [-0.05, 0) is 28.8 Å². The van der Waals surface area contributed by atoms with Crippen molar-refractivity contribution >= 4 is 21.7 Å². The molecule has 1 aliphatic heterocycles. The highest BCUT2D eigenvalue weighted by atomic mass is 79.9. The summed E-state index contributed by atoms with van der Waals surface area (Å²) in [6, 6.07) is 2.00. The van der Waals surface area contributed by atoms with Crippen molar-refractivity contribution in [3.63, 3.8) is 0 Å². The van der Waals surface area contributed by atoms with E-state index in [1.54, 1.807) is 7.11 Å². The Morgan fingerprint density at radius 1 is 1.33 bits per heavy atom. The number of hydrogen-bond donors (Lipinski definition) is 0. The molecular formula is C13H20BrN3O. The summed E-state index contributed by atoms with van der Waals surface area (Å²) < 4.78 is 6.26. The molecule has 1 aromatic heterocycles. The van der Waals surface area contributed by atoms with E-state index in [4.69, 9.17) is 4.74 Å². The minimum Gasteiger partial charge on any atom is -0.381 e. The second-order valence-corrected chi connectivity index (χ2v) is 5.80. The van der Waals surface area contributed by atoms with Crippen molar-refractivity contribution in [3.05, 3.63) is 16.5 Å². The topological polar surface area (TPSA) is 38.2 Å². The summed E-state index contributed by atoms with van der Waals surface area (Å²) in [7, 11) is 1.79. The van der Waals surface area contributed by atoms with Gasteiger partial charge in [-0.3, -0.25) is 0 Å². The number of halogens is 1. The minimum atomic E-state index is 0.345. The smallest absolute Gasteiger partial charge is 0.134 e. The molecule has 0 unspecified atom stereocenters. The molecule has 0 N–H and O–H groups in total. The van der Waals surface area contributed by atoms with E-state index in [1.807, 2.05) is 6.07 Å². The second-order valence-electron chi connectivity index (χ2n) is 4.98. The van der Waals surface area contributed by atoms with Crippen LogP contribution in [-0.2, 0) is 4.74 Å². The van der Waals surface area contributed by atoms with Gasteiger partial charge < -0.3 is 9.64 Å². The average molecular weight is 314 g/mol. The van der Waals surface area contributed by atoms with E-state index in [2.05, 4.69) is 44.6 Å². The number of rotatable bonds is 3. The van der Waals surface area contributed by atoms with Gasteiger partial charge in [-0.2, -0.15) is 0 Å². The molecule has 1 saturated heterocycles. The molecule has 2 heterocycles. The van der Waals surface area contributed by atoms with Gasteiger partial charge in [-0.1, -0.05) is 13.8 Å². The molecule has 1 aromatic rings. The Morgan fingerprint density at radius 3 is 2.56 bits per heavy atom. The van der Waals surface area contributed by atoms with Crippen LogP contribution in [0.2, 0.25) is 0 Å². The monoisotopic (exact) mass is 313 g/mol. The zero-order valence-electron chi connectivity index (χ0n) is 11.2. The molecule has 0 aromatic carbocycles. The summed E-state index contributed by atoms with van der Waals surface area (Å²) in [5.74, 6) is 2.26. The van der Waals surface area contributed by atoms with Crippen molar-refractivity contribution in [2.45, 2.75) is 38.7 Å². The van der Waals surface area contributed by atoms with Crippen LogP contribution in [-0.4, -0.2) is 36.3 Å². The Morgan fingerprint density at radius 2 is 2.00 bits per heavy atom. The van der Waals surface area contributed by atoms with E-state index in [1.165, 1.54) is 0 Å². The van der Waals surface area contributed by atoms with Crippen molar-refractivity contribution in [1.82, 2.24) is 9.97 Å². The molecular weight excluding hydrogens is 294 g/mol. The maximum Gasteiger partial charge on any atom is 0.134 e. The highest BCUT2D eigenvalue weighted by Gasteiger charge is 2.20. The van der Waals surface area contributed by atoms with Crippen LogP contribution in [0.3, 0.4) is 0 Å². The predicted molar refractivity (Wildman–Crippen MR) is 76.1 cm³/mol. The van der Waals surface area contributed by atoms with Crippen molar-refractivity contribution in [3.8, 4) is 0 Å². The molecule has 0 bridgehead atoms. The third-order valence-electron chi connectivity index (χ3n) is 3.31. The number of anilines is 1. The Hall–Kier alpha value is -0.680. The summed E-state index contributed by atoms with van der Waals surface area (Å²) in [6.07, 6.45) is 2.53. The van der Waals surface area contributed by atoms with Crippen LogP contribution in [0.15, 0.2) is 10.7 Å². The lowest BCUT2D eigenvalue weighted by atomic mass is 10.1. The van der Waals surface area contributed by atoms with Gasteiger partial charge in [0.1, 0.15) is 16.2 Å². The molecule has 4 nitrogen and oxygen atoms in total. The number of methoxy groups -OCH3 is 1. The molecule has 0 aliphatic carbocycles. The van der Waals surface area contributed by atoms with Crippen molar-refractivity contribution in [1.29, 1.82) is 0 Å². The predicted octanol–water partition coefficient (Wildman–Crippen LogP) is 2.98. The quantitative estimate of drug-likeness (QED) is 0.804. The summed E-state index contributed by atoms with van der Waals surface area (Å²) in [5, 5.41) is 0. The maximum atomic E-state index is 5.39. The molecule has 1 fully saturated rings. The van der Waals surface area contributed by atoms with E-state index in [0.717, 1.165) is 42.2 Å². The normalized spacial score (nSPS) is 17.5. The van der Waals surface area contributed by atoms with E-state index in [9.17, 15) is 0 Å². The third-order valence-corrected chi connectivity index (χ3v) is 3.72. The first-order valence-electron chi connectivity index (χ1n) is 6.42. The van der Waals surface area contributed by atoms with Gasteiger partial charge in [0.15, 0.2) is 0 Å². The van der Waals surface area contributed by atoms with Crippen LogP contribution in [0.4, 0.5) is 5.82 Å². The Kier molecular flexibility index (Phi) is 4.56. The average Bonchev–Trinajstić information content (AvgIpc) is 2.38. The molecule has 2 rings (SSSR count). The first-order valence-corrected chi connectivity index (χ1v) is 7.21. The van der Waals surface area contributed by atoms with Crippen LogP contribution in [0, 0.1) is 0 Å². The van der Waals surface area contributed by atoms with Crippen LogP contribution in [0.1, 0.15) is 38.4 Å². The zero-order valence-corrected chi connectivity index (χ0v) is 12.8. The van der Waals surface area contributed by atoms with Gasteiger partial charge in [-0.25, -0.2) is 9.97 Å². The fourth-order valence-corrected chi connectivity index (χ4v) is 2.55. The first-order chi connectivity index (χ1) is 8.60. The van der Waals surface area contributed by atoms with Gasteiger partial charge in [0.05, 0.1) is 6.10 Å². The molecule has 0 atom stereocenters. The highest BCUT2D eigenvalue weighted by molar-refractivity contribution is 9.10. The molecule has 0 saturated carbocycles. The lowest BCUT2D eigenvalue weighted by molar-refractivity contribution is 0.0818. The van der Waals surface area contributed by atoms with Crippen LogP contribution >= 0.6 is 15.9 Å². The molecule has 0 radical (unpaired) electrons. The Balaban J connectivity index is 2.13. The zero-order chi connectivity index (χ0) is 13.1. The number of aromatic nitrogens is 2. The van der Waals surface area contributed by atoms with Crippen LogP contribution in [0.25, 0.3) is 0 Å². The fraction of sp³-hybridized carbons (Fsp3) is 0.692. The largest absolute Gasteiger partial charge is 0.381 e. The number of ether oxygens (including phenoxy) is 1. The molecule has 0 amide bonds. The van der Waals surface area contributed by atoms with E-state index in [-0.39, 0.29) is 0 Å². The SMILES string of the molecule is COC1CCN(c2cc(Br)nc(C(C)C)n2)CC1. The van der Waals surface area contributed by atoms with Gasteiger partial charge in [0.2, 0.25) is 0 Å². The van der Waals surface area contributed by atoms with Crippen LogP contribution < -0.4 is 4.90 Å². The summed E-state index contributed by atoms with van der Waals surface area (Å²) >= 11 is 3.47. The van der Waals surface area contributed by atoms with E-state index >= 15 is 0 Å². The molecule has 18 heavy (non-hydrogen) atoms. The minimum absolute atomic E-state index is 0.345. The molecule has 5 heteroatoms. The summed E-state index contributed by atoms with van der Waals surface area (Å²) in [5.41, 5.74) is 0. The standard InChI is InChI=1S/C13H20BrN3O/c1-9(2)13-15-11(14)8-12(16-13)17-6-4-10(18-3)5-7-17/h8-10H,4-7H2,1-3H3. The molecule has 0 spiro atoms. The maximum absolute atomic E-state index is 5.39. The lowest BCUT2D eigenvalue weighted by Crippen LogP contribution is -2.37. The van der Waals surface area contributed by atoms with Crippen molar-refractivity contribution < 1.29 is 4.74 Å². The lowest BCUT2D eigenvalue weighted by Gasteiger charge is -2.32. The first kappa shape index (κ1) is 13.7. The number of piperidine rings is 1. The molecule has 100 valence electrons. The van der Waals surface area contributed by atoms with Gasteiger partial charge in [0, 0.05) is 32.2 Å². The fourth-order valence-electron chi connectivity index (χ4n) is 2.16. The Bertz CT molecular complexity index is 403. The second kappa shape index (κ2) is 5.97. The number of hydrogen-bond acceptors (Lipinski definition) is 4. The Labute approximate surface area is 117 Å². The summed E-state index contributed by atoms with van der Waals surface area (Å²) in [4.78, 5) is 11.4. The van der Waals surface area contributed by atoms with E-state index in [0.29, 0.717) is 12.0 Å². The van der Waals surface area contributed by atoms with Crippen LogP contribution in [0.5, 0.6) is 0 Å². The van der Waals surface area contributed by atoms with Gasteiger partial charge >= 0.3 is 0 Å². The van der Waals surface area contributed by atoms with Gasteiger partial charge in [0.25, 0.3) is 0 Å². The summed E-state index contributed by atoms with van der Waals surface area (Å²) in [6.45, 7) is 6.23. The highest BCUT2D eigenvalue weighted by Crippen LogP contribution is 2.23. The van der Waals surface area contributed by atoms with Crippen molar-refractivity contribution in [2.24, 2.45) is 0 Å². The van der Waals surface area contributed by atoms with Gasteiger partial charge in [-0.15, -0.1) is 0 Å². The molecule has 1 aliphatic rings.